The first-order chi connectivity index (χ1) is 9.72. The Bertz CT molecular complexity index is 725. The highest BCUT2D eigenvalue weighted by molar-refractivity contribution is 6.33. The van der Waals surface area contributed by atoms with Crippen molar-refractivity contribution in [1.82, 2.24) is 10.1 Å². The molecule has 3 rings (SSSR count). The van der Waals surface area contributed by atoms with Crippen LogP contribution in [0.15, 0.2) is 53.1 Å². The maximum absolute atomic E-state index is 6.13. The van der Waals surface area contributed by atoms with Crippen molar-refractivity contribution in [1.29, 1.82) is 0 Å². The van der Waals surface area contributed by atoms with Crippen molar-refractivity contribution in [3.8, 4) is 11.5 Å². The van der Waals surface area contributed by atoms with Crippen LogP contribution in [-0.2, 0) is 6.42 Å². The molecule has 0 aliphatic rings. The summed E-state index contributed by atoms with van der Waals surface area (Å²) in [5.74, 6) is 1.03. The van der Waals surface area contributed by atoms with E-state index in [1.165, 1.54) is 0 Å². The molecule has 1 aromatic heterocycles. The summed E-state index contributed by atoms with van der Waals surface area (Å²) in [7, 11) is 0. The van der Waals surface area contributed by atoms with Gasteiger partial charge in [-0.15, -0.1) is 0 Å². The molecule has 100 valence electrons. The van der Waals surface area contributed by atoms with Crippen LogP contribution in [0.4, 0.5) is 5.69 Å². The Morgan fingerprint density at radius 3 is 2.65 bits per heavy atom. The summed E-state index contributed by atoms with van der Waals surface area (Å²) < 4.78 is 5.26. The number of halogens is 1. The number of hydrogen-bond acceptors (Lipinski definition) is 4. The van der Waals surface area contributed by atoms with Crippen LogP contribution in [0, 0.1) is 0 Å². The van der Waals surface area contributed by atoms with Crippen LogP contribution in [0.25, 0.3) is 11.5 Å². The predicted octanol–water partition coefficient (Wildman–Crippen LogP) is 3.56. The number of nitrogens with zero attached hydrogens (tertiary/aromatic N) is 2. The Hall–Kier alpha value is -2.33. The van der Waals surface area contributed by atoms with Crippen molar-refractivity contribution in [3.63, 3.8) is 0 Å². The topological polar surface area (TPSA) is 64.9 Å². The Balaban J connectivity index is 1.87. The van der Waals surface area contributed by atoms with Gasteiger partial charge in [-0.1, -0.05) is 47.1 Å². The zero-order chi connectivity index (χ0) is 13.9. The molecule has 0 aliphatic heterocycles. The van der Waals surface area contributed by atoms with Gasteiger partial charge in [0.05, 0.1) is 10.6 Å². The molecule has 0 bridgehead atoms. The number of hydrogen-bond donors (Lipinski definition) is 1. The summed E-state index contributed by atoms with van der Waals surface area (Å²) in [4.78, 5) is 4.36. The normalized spacial score (nSPS) is 10.7. The Labute approximate surface area is 121 Å². The van der Waals surface area contributed by atoms with E-state index < -0.39 is 0 Å². The summed E-state index contributed by atoms with van der Waals surface area (Å²) in [6.45, 7) is 0. The van der Waals surface area contributed by atoms with Crippen LogP contribution >= 0.6 is 11.6 Å². The van der Waals surface area contributed by atoms with Gasteiger partial charge in [-0.25, -0.2) is 0 Å². The van der Waals surface area contributed by atoms with Crippen molar-refractivity contribution in [3.05, 3.63) is 64.9 Å². The van der Waals surface area contributed by atoms with Crippen LogP contribution in [0.1, 0.15) is 11.4 Å². The second kappa shape index (κ2) is 5.35. The third-order valence-electron chi connectivity index (χ3n) is 2.90. The molecule has 0 aliphatic carbocycles. The number of aromatic nitrogens is 2. The van der Waals surface area contributed by atoms with Gasteiger partial charge in [-0.3, -0.25) is 0 Å². The standard InChI is InChI=1S/C15H12ClN3O/c16-13-9-11(17)6-7-12(13)15-18-14(19-20-15)8-10-4-2-1-3-5-10/h1-7,9H,8,17H2. The summed E-state index contributed by atoms with van der Waals surface area (Å²) in [6.07, 6.45) is 0.622. The van der Waals surface area contributed by atoms with Crippen LogP contribution in [0.2, 0.25) is 5.02 Å². The van der Waals surface area contributed by atoms with Crippen molar-refractivity contribution in [2.24, 2.45) is 0 Å². The van der Waals surface area contributed by atoms with Crippen LogP contribution in [0.5, 0.6) is 0 Å². The van der Waals surface area contributed by atoms with E-state index >= 15 is 0 Å². The van der Waals surface area contributed by atoms with Gasteiger partial charge in [-0.05, 0) is 23.8 Å². The molecule has 5 heteroatoms. The Kier molecular flexibility index (Phi) is 3.39. The minimum Gasteiger partial charge on any atom is -0.399 e. The Morgan fingerprint density at radius 2 is 1.90 bits per heavy atom. The molecule has 2 N–H and O–H groups in total. The fourth-order valence-corrected chi connectivity index (χ4v) is 2.19. The molecule has 0 fully saturated rings. The highest BCUT2D eigenvalue weighted by Crippen LogP contribution is 2.28. The smallest absolute Gasteiger partial charge is 0.259 e. The fraction of sp³-hybridized carbons (Fsp3) is 0.0667. The molecule has 2 aromatic carbocycles. The average Bonchev–Trinajstić information content (AvgIpc) is 2.88. The van der Waals surface area contributed by atoms with Gasteiger partial charge in [0, 0.05) is 12.1 Å². The lowest BCUT2D eigenvalue weighted by molar-refractivity contribution is 0.424. The third kappa shape index (κ3) is 2.65. The molecule has 0 amide bonds. The first-order valence-electron chi connectivity index (χ1n) is 6.14. The van der Waals surface area contributed by atoms with Crippen LogP contribution in [0.3, 0.4) is 0 Å². The van der Waals surface area contributed by atoms with Gasteiger partial charge in [0.25, 0.3) is 5.89 Å². The number of rotatable bonds is 3. The Morgan fingerprint density at radius 1 is 1.10 bits per heavy atom. The molecule has 4 nitrogen and oxygen atoms in total. The number of anilines is 1. The van der Waals surface area contributed by atoms with Crippen LogP contribution < -0.4 is 5.73 Å². The highest BCUT2D eigenvalue weighted by atomic mass is 35.5. The van der Waals surface area contributed by atoms with Gasteiger partial charge >= 0.3 is 0 Å². The molecule has 0 saturated carbocycles. The largest absolute Gasteiger partial charge is 0.399 e. The molecule has 1 heterocycles. The molecular formula is C15H12ClN3O. The van der Waals surface area contributed by atoms with Gasteiger partial charge in [0.2, 0.25) is 0 Å². The number of benzene rings is 2. The maximum atomic E-state index is 6.13. The van der Waals surface area contributed by atoms with E-state index in [1.807, 2.05) is 30.3 Å². The lowest BCUT2D eigenvalue weighted by Crippen LogP contribution is -1.90. The molecule has 0 saturated heterocycles. The third-order valence-corrected chi connectivity index (χ3v) is 3.21. The van der Waals surface area contributed by atoms with E-state index in [-0.39, 0.29) is 0 Å². The summed E-state index contributed by atoms with van der Waals surface area (Å²) in [5.41, 5.74) is 8.08. The lowest BCUT2D eigenvalue weighted by atomic mass is 10.1. The first-order valence-corrected chi connectivity index (χ1v) is 6.52. The van der Waals surface area contributed by atoms with E-state index in [9.17, 15) is 0 Å². The second-order valence-electron chi connectivity index (χ2n) is 4.42. The van der Waals surface area contributed by atoms with Gasteiger partial charge in [0.15, 0.2) is 5.82 Å². The van der Waals surface area contributed by atoms with E-state index in [0.717, 1.165) is 5.56 Å². The monoisotopic (exact) mass is 285 g/mol. The predicted molar refractivity (Wildman–Crippen MR) is 78.4 cm³/mol. The number of nitrogen functional groups attached to an aromatic ring is 1. The first kappa shape index (κ1) is 12.7. The van der Waals surface area contributed by atoms with Crippen molar-refractivity contribution in [2.45, 2.75) is 6.42 Å². The van der Waals surface area contributed by atoms with E-state index in [4.69, 9.17) is 21.9 Å². The van der Waals surface area contributed by atoms with E-state index in [1.54, 1.807) is 18.2 Å². The fourth-order valence-electron chi connectivity index (χ4n) is 1.92. The SMILES string of the molecule is Nc1ccc(-c2nc(Cc3ccccc3)no2)c(Cl)c1. The summed E-state index contributed by atoms with van der Waals surface area (Å²) in [5, 5.41) is 4.48. The molecule has 0 radical (unpaired) electrons. The molecule has 20 heavy (non-hydrogen) atoms. The average molecular weight is 286 g/mol. The van der Waals surface area contributed by atoms with Gasteiger partial charge in [-0.2, -0.15) is 4.98 Å². The van der Waals surface area contributed by atoms with Crippen molar-refractivity contribution >= 4 is 17.3 Å². The zero-order valence-electron chi connectivity index (χ0n) is 10.6. The summed E-state index contributed by atoms with van der Waals surface area (Å²) in [6, 6.07) is 15.2. The minimum atomic E-state index is 0.404. The zero-order valence-corrected chi connectivity index (χ0v) is 11.3. The van der Waals surface area contributed by atoms with Crippen molar-refractivity contribution < 1.29 is 4.52 Å². The second-order valence-corrected chi connectivity index (χ2v) is 4.82. The van der Waals surface area contributed by atoms with Crippen LogP contribution in [-0.4, -0.2) is 10.1 Å². The minimum absolute atomic E-state index is 0.404. The molecule has 3 aromatic rings. The molecule has 0 spiro atoms. The van der Waals surface area contributed by atoms with E-state index in [2.05, 4.69) is 10.1 Å². The maximum Gasteiger partial charge on any atom is 0.259 e. The highest BCUT2D eigenvalue weighted by Gasteiger charge is 2.12. The van der Waals surface area contributed by atoms with E-state index in [0.29, 0.717) is 34.4 Å². The molecular weight excluding hydrogens is 274 g/mol. The molecule has 0 unspecified atom stereocenters. The van der Waals surface area contributed by atoms with Crippen molar-refractivity contribution in [2.75, 3.05) is 5.73 Å². The summed E-state index contributed by atoms with van der Waals surface area (Å²) >= 11 is 6.13. The van der Waals surface area contributed by atoms with Gasteiger partial charge in [0.1, 0.15) is 0 Å². The molecule has 0 atom stereocenters. The lowest BCUT2D eigenvalue weighted by Gasteiger charge is -1.99. The quantitative estimate of drug-likeness (QED) is 0.747. The van der Waals surface area contributed by atoms with Gasteiger partial charge < -0.3 is 10.3 Å². The number of nitrogens with two attached hydrogens (primary N) is 1.